The molecular formula is C17H19BrO2. The Balaban J connectivity index is 1.98. The minimum Gasteiger partial charge on any atom is -0.490 e. The van der Waals surface area contributed by atoms with Crippen LogP contribution in [-0.2, 0) is 11.8 Å². The fourth-order valence-electron chi connectivity index (χ4n) is 1.95. The van der Waals surface area contributed by atoms with Crippen LogP contribution < -0.4 is 9.47 Å². The summed E-state index contributed by atoms with van der Waals surface area (Å²) in [7, 11) is 0. The van der Waals surface area contributed by atoms with Crippen LogP contribution in [0.15, 0.2) is 48.5 Å². The average Bonchev–Trinajstić information content (AvgIpc) is 2.50. The molecule has 0 saturated carbocycles. The van der Waals surface area contributed by atoms with Crippen molar-refractivity contribution in [3.63, 3.8) is 0 Å². The van der Waals surface area contributed by atoms with Crippen molar-refractivity contribution in [2.75, 3.05) is 13.2 Å². The van der Waals surface area contributed by atoms with E-state index in [1.165, 1.54) is 11.1 Å². The van der Waals surface area contributed by atoms with Crippen molar-refractivity contribution in [1.82, 2.24) is 0 Å². The van der Waals surface area contributed by atoms with Crippen molar-refractivity contribution >= 4 is 15.9 Å². The SMILES string of the molecule is CCOc1cc(CBr)ccc1OCCc1ccccc1. The fourth-order valence-corrected chi connectivity index (χ4v) is 2.30. The first-order valence-electron chi connectivity index (χ1n) is 6.82. The largest absolute Gasteiger partial charge is 0.490 e. The van der Waals surface area contributed by atoms with Gasteiger partial charge in [0.2, 0.25) is 0 Å². The molecule has 20 heavy (non-hydrogen) atoms. The molecule has 0 saturated heterocycles. The summed E-state index contributed by atoms with van der Waals surface area (Å²) in [6.07, 6.45) is 0.895. The molecule has 2 aromatic rings. The van der Waals surface area contributed by atoms with E-state index in [0.29, 0.717) is 13.2 Å². The molecule has 0 aromatic heterocycles. The molecule has 3 heteroatoms. The van der Waals surface area contributed by atoms with Crippen LogP contribution in [0.25, 0.3) is 0 Å². The van der Waals surface area contributed by atoms with Crippen LogP contribution in [0.2, 0.25) is 0 Å². The Hall–Kier alpha value is -1.48. The highest BCUT2D eigenvalue weighted by molar-refractivity contribution is 9.08. The van der Waals surface area contributed by atoms with Gasteiger partial charge in [-0.2, -0.15) is 0 Å². The number of hydrogen-bond acceptors (Lipinski definition) is 2. The van der Waals surface area contributed by atoms with Gasteiger partial charge in [-0.3, -0.25) is 0 Å². The second-order valence-corrected chi connectivity index (χ2v) is 4.99. The molecule has 0 amide bonds. The zero-order valence-corrected chi connectivity index (χ0v) is 13.2. The van der Waals surface area contributed by atoms with Crippen LogP contribution in [0.4, 0.5) is 0 Å². The number of ether oxygens (including phenoxy) is 2. The summed E-state index contributed by atoms with van der Waals surface area (Å²) < 4.78 is 11.5. The average molecular weight is 335 g/mol. The number of rotatable bonds is 7. The molecule has 2 aromatic carbocycles. The van der Waals surface area contributed by atoms with E-state index in [9.17, 15) is 0 Å². The lowest BCUT2D eigenvalue weighted by Gasteiger charge is -2.13. The zero-order valence-electron chi connectivity index (χ0n) is 11.6. The van der Waals surface area contributed by atoms with Gasteiger partial charge in [0.25, 0.3) is 0 Å². The Labute approximate surface area is 128 Å². The van der Waals surface area contributed by atoms with Gasteiger partial charge < -0.3 is 9.47 Å². The summed E-state index contributed by atoms with van der Waals surface area (Å²) in [4.78, 5) is 0. The summed E-state index contributed by atoms with van der Waals surface area (Å²) in [5.74, 6) is 1.63. The minimum atomic E-state index is 0.640. The Bertz CT molecular complexity index is 526. The van der Waals surface area contributed by atoms with Crippen LogP contribution in [-0.4, -0.2) is 13.2 Å². The number of benzene rings is 2. The van der Waals surface area contributed by atoms with Gasteiger partial charge in [-0.1, -0.05) is 52.3 Å². The molecule has 106 valence electrons. The normalized spacial score (nSPS) is 10.3. The molecule has 0 spiro atoms. The molecule has 0 heterocycles. The number of alkyl halides is 1. The lowest BCUT2D eigenvalue weighted by atomic mass is 10.2. The Morgan fingerprint density at radius 3 is 2.40 bits per heavy atom. The van der Waals surface area contributed by atoms with Gasteiger partial charge in [0, 0.05) is 11.8 Å². The maximum atomic E-state index is 5.85. The molecule has 0 atom stereocenters. The molecule has 0 bridgehead atoms. The monoisotopic (exact) mass is 334 g/mol. The third kappa shape index (κ3) is 4.27. The predicted molar refractivity (Wildman–Crippen MR) is 85.9 cm³/mol. The van der Waals surface area contributed by atoms with Gasteiger partial charge in [0.1, 0.15) is 0 Å². The van der Waals surface area contributed by atoms with E-state index in [-0.39, 0.29) is 0 Å². The first-order valence-corrected chi connectivity index (χ1v) is 7.94. The van der Waals surface area contributed by atoms with E-state index in [0.717, 1.165) is 23.2 Å². The molecule has 2 rings (SSSR count). The highest BCUT2D eigenvalue weighted by Gasteiger charge is 2.06. The molecule has 0 N–H and O–H groups in total. The van der Waals surface area contributed by atoms with Crippen molar-refractivity contribution in [2.45, 2.75) is 18.7 Å². The third-order valence-electron chi connectivity index (χ3n) is 2.95. The Morgan fingerprint density at radius 1 is 0.900 bits per heavy atom. The molecule has 0 fully saturated rings. The fraction of sp³-hybridized carbons (Fsp3) is 0.294. The van der Waals surface area contributed by atoms with Gasteiger partial charge >= 0.3 is 0 Å². The standard InChI is InChI=1S/C17H19BrO2/c1-2-19-17-12-15(13-18)8-9-16(17)20-11-10-14-6-4-3-5-7-14/h3-9,12H,2,10-11,13H2,1H3. The first kappa shape index (κ1) is 14.9. The number of halogens is 1. The van der Waals surface area contributed by atoms with Crippen molar-refractivity contribution in [3.05, 3.63) is 59.7 Å². The second kappa shape index (κ2) is 7.95. The molecule has 0 unspecified atom stereocenters. The quantitative estimate of drug-likeness (QED) is 0.689. The Kier molecular flexibility index (Phi) is 5.93. The molecule has 2 nitrogen and oxygen atoms in total. The van der Waals surface area contributed by atoms with Crippen LogP contribution in [0, 0.1) is 0 Å². The van der Waals surface area contributed by atoms with E-state index in [1.54, 1.807) is 0 Å². The van der Waals surface area contributed by atoms with Gasteiger partial charge in [0.05, 0.1) is 13.2 Å². The molecule has 0 radical (unpaired) electrons. The maximum Gasteiger partial charge on any atom is 0.161 e. The molecule has 0 aliphatic heterocycles. The summed E-state index contributed by atoms with van der Waals surface area (Å²) in [6.45, 7) is 3.27. The third-order valence-corrected chi connectivity index (χ3v) is 3.60. The molecule has 0 aliphatic carbocycles. The van der Waals surface area contributed by atoms with E-state index < -0.39 is 0 Å². The highest BCUT2D eigenvalue weighted by Crippen LogP contribution is 2.29. The van der Waals surface area contributed by atoms with E-state index in [2.05, 4.69) is 34.1 Å². The van der Waals surface area contributed by atoms with E-state index in [4.69, 9.17) is 9.47 Å². The molecule has 0 aliphatic rings. The smallest absolute Gasteiger partial charge is 0.161 e. The highest BCUT2D eigenvalue weighted by atomic mass is 79.9. The lowest BCUT2D eigenvalue weighted by Crippen LogP contribution is -2.04. The van der Waals surface area contributed by atoms with Gasteiger partial charge in [-0.25, -0.2) is 0 Å². The van der Waals surface area contributed by atoms with Crippen LogP contribution in [0.3, 0.4) is 0 Å². The van der Waals surface area contributed by atoms with Crippen molar-refractivity contribution in [3.8, 4) is 11.5 Å². The Morgan fingerprint density at radius 2 is 1.70 bits per heavy atom. The minimum absolute atomic E-state index is 0.640. The van der Waals surface area contributed by atoms with Crippen molar-refractivity contribution in [1.29, 1.82) is 0 Å². The van der Waals surface area contributed by atoms with Gasteiger partial charge in [-0.05, 0) is 30.2 Å². The summed E-state index contributed by atoms with van der Waals surface area (Å²) in [6, 6.07) is 16.4. The second-order valence-electron chi connectivity index (χ2n) is 4.43. The lowest BCUT2D eigenvalue weighted by molar-refractivity contribution is 0.279. The van der Waals surface area contributed by atoms with Crippen LogP contribution in [0.5, 0.6) is 11.5 Å². The maximum absolute atomic E-state index is 5.85. The topological polar surface area (TPSA) is 18.5 Å². The predicted octanol–water partition coefficient (Wildman–Crippen LogP) is 4.60. The van der Waals surface area contributed by atoms with Gasteiger partial charge in [-0.15, -0.1) is 0 Å². The van der Waals surface area contributed by atoms with Crippen LogP contribution in [0.1, 0.15) is 18.1 Å². The molecular weight excluding hydrogens is 316 g/mol. The van der Waals surface area contributed by atoms with Crippen molar-refractivity contribution in [2.24, 2.45) is 0 Å². The summed E-state index contributed by atoms with van der Waals surface area (Å²) >= 11 is 3.45. The first-order chi connectivity index (χ1) is 9.83. The van der Waals surface area contributed by atoms with E-state index in [1.807, 2.05) is 37.3 Å². The summed E-state index contributed by atoms with van der Waals surface area (Å²) in [5.41, 5.74) is 2.46. The summed E-state index contributed by atoms with van der Waals surface area (Å²) in [5, 5.41) is 0.817. The van der Waals surface area contributed by atoms with Gasteiger partial charge in [0.15, 0.2) is 11.5 Å². The van der Waals surface area contributed by atoms with Crippen molar-refractivity contribution < 1.29 is 9.47 Å². The van der Waals surface area contributed by atoms with E-state index >= 15 is 0 Å². The zero-order chi connectivity index (χ0) is 14.2. The van der Waals surface area contributed by atoms with Crippen LogP contribution >= 0.6 is 15.9 Å². The number of hydrogen-bond donors (Lipinski definition) is 0.